The van der Waals surface area contributed by atoms with Gasteiger partial charge in [0, 0.05) is 48.8 Å². The van der Waals surface area contributed by atoms with Crippen molar-refractivity contribution in [3.05, 3.63) is 144 Å². The Morgan fingerprint density at radius 3 is 2.27 bits per heavy atom. The maximum absolute atomic E-state index is 6.22. The Hall–Kier alpha value is -4.65. The van der Waals surface area contributed by atoms with Crippen LogP contribution >= 0.6 is 11.3 Å². The van der Waals surface area contributed by atoms with Crippen LogP contribution in [0.1, 0.15) is 38.8 Å². The first-order valence-corrected chi connectivity index (χ1v) is 23.6. The van der Waals surface area contributed by atoms with E-state index in [4.69, 9.17) is 9.40 Å². The number of pyridine rings is 1. The molecule has 0 N–H and O–H groups in total. The Kier molecular flexibility index (Phi) is 11.6. The summed E-state index contributed by atoms with van der Waals surface area (Å²) in [6, 6.07) is 43.4. The molecule has 0 aliphatic carbocycles. The number of hydrogen-bond acceptors (Lipinski definition) is 4. The SMILES string of the molecule is CC(C)Cc1cc(-c2[c-]cccc2)ncc1[Si](C)(C)C.CC(C)Cc1ccc2s[c-]c(-c3nc4ccccc4n3-c3ccc4c(c3)oc3ccccc34)c2c1.[Ir]. The van der Waals surface area contributed by atoms with Crippen molar-refractivity contribution in [1.82, 2.24) is 14.5 Å². The molecule has 7 heteroatoms. The van der Waals surface area contributed by atoms with Gasteiger partial charge in [-0.05, 0) is 65.9 Å². The third-order valence-corrected chi connectivity index (χ3v) is 13.0. The molecule has 0 fully saturated rings. The molecule has 4 aromatic heterocycles. The van der Waals surface area contributed by atoms with Gasteiger partial charge >= 0.3 is 0 Å². The Balaban J connectivity index is 0.000000197. The molecule has 0 unspecified atom stereocenters. The van der Waals surface area contributed by atoms with Crippen molar-refractivity contribution in [2.75, 3.05) is 0 Å². The summed E-state index contributed by atoms with van der Waals surface area (Å²) in [4.78, 5) is 9.79. The number of rotatable bonds is 8. The topological polar surface area (TPSA) is 43.9 Å². The quantitative estimate of drug-likeness (QED) is 0.113. The van der Waals surface area contributed by atoms with Crippen molar-refractivity contribution in [2.45, 2.75) is 60.2 Å². The van der Waals surface area contributed by atoms with E-state index < -0.39 is 8.07 Å². The minimum Gasteiger partial charge on any atom is -0.456 e. The van der Waals surface area contributed by atoms with Crippen LogP contribution in [-0.4, -0.2) is 22.6 Å². The van der Waals surface area contributed by atoms with Gasteiger partial charge in [0.2, 0.25) is 0 Å². The van der Waals surface area contributed by atoms with Crippen molar-refractivity contribution in [3.63, 3.8) is 0 Å². The van der Waals surface area contributed by atoms with Crippen molar-refractivity contribution >= 4 is 67.7 Å². The number of aromatic nitrogens is 3. The van der Waals surface area contributed by atoms with E-state index in [0.29, 0.717) is 11.8 Å². The van der Waals surface area contributed by atoms with Gasteiger partial charge in [-0.3, -0.25) is 16.3 Å². The third kappa shape index (κ3) is 8.10. The van der Waals surface area contributed by atoms with Crippen LogP contribution in [0.4, 0.5) is 0 Å². The first-order valence-electron chi connectivity index (χ1n) is 19.3. The molecule has 0 spiro atoms. The molecule has 0 aliphatic heterocycles. The second-order valence-electron chi connectivity index (χ2n) is 16.4. The van der Waals surface area contributed by atoms with E-state index in [0.717, 1.165) is 74.1 Å². The van der Waals surface area contributed by atoms with Gasteiger partial charge in [-0.2, -0.15) is 0 Å². The summed E-state index contributed by atoms with van der Waals surface area (Å²) >= 11 is 1.66. The molecule has 285 valence electrons. The van der Waals surface area contributed by atoms with E-state index in [1.165, 1.54) is 26.4 Å². The van der Waals surface area contributed by atoms with Gasteiger partial charge in [0.1, 0.15) is 11.2 Å². The first-order chi connectivity index (χ1) is 26.5. The predicted molar refractivity (Wildman–Crippen MR) is 237 cm³/mol. The van der Waals surface area contributed by atoms with Gasteiger partial charge < -0.3 is 14.0 Å². The molecular weight excluding hydrogens is 899 g/mol. The molecule has 4 nitrogen and oxygen atoms in total. The van der Waals surface area contributed by atoms with Crippen LogP contribution in [0.2, 0.25) is 19.6 Å². The number of nitrogens with zero attached hydrogens (tertiary/aromatic N) is 3. The molecule has 0 saturated carbocycles. The predicted octanol–water partition coefficient (Wildman–Crippen LogP) is 13.1. The molecular formula is C49H47IrN3OSSi-2. The third-order valence-electron chi connectivity index (χ3n) is 10.0. The normalized spacial score (nSPS) is 11.8. The summed E-state index contributed by atoms with van der Waals surface area (Å²) in [6.45, 7) is 16.3. The molecule has 0 bridgehead atoms. The molecule has 56 heavy (non-hydrogen) atoms. The maximum atomic E-state index is 6.22. The van der Waals surface area contributed by atoms with Crippen LogP contribution in [0.15, 0.2) is 126 Å². The van der Waals surface area contributed by atoms with Crippen LogP contribution in [0.3, 0.4) is 0 Å². The zero-order valence-corrected chi connectivity index (χ0v) is 37.3. The largest absolute Gasteiger partial charge is 0.456 e. The van der Waals surface area contributed by atoms with Gasteiger partial charge in [-0.25, -0.2) is 0 Å². The maximum Gasteiger partial charge on any atom is 0.137 e. The average Bonchev–Trinajstić information content (AvgIpc) is 3.87. The first kappa shape index (κ1) is 39.6. The number of thiophene rings is 1. The molecule has 0 aliphatic rings. The van der Waals surface area contributed by atoms with Crippen LogP contribution in [0, 0.1) is 23.3 Å². The van der Waals surface area contributed by atoms with E-state index in [1.54, 1.807) is 11.3 Å². The summed E-state index contributed by atoms with van der Waals surface area (Å²) in [6.07, 6.45) is 4.30. The summed E-state index contributed by atoms with van der Waals surface area (Å²) in [5, 5.41) is 8.55. The number of hydrogen-bond donors (Lipinski definition) is 0. The molecule has 9 aromatic rings. The summed E-state index contributed by atoms with van der Waals surface area (Å²) in [5.41, 5.74) is 10.9. The Bertz CT molecular complexity index is 2770. The van der Waals surface area contributed by atoms with Crippen LogP contribution in [0.25, 0.3) is 71.4 Å². The molecule has 0 saturated heterocycles. The Morgan fingerprint density at radius 2 is 1.50 bits per heavy atom. The molecule has 4 heterocycles. The number of para-hydroxylation sites is 3. The molecule has 1 radical (unpaired) electrons. The van der Waals surface area contributed by atoms with Crippen LogP contribution in [0.5, 0.6) is 0 Å². The van der Waals surface area contributed by atoms with E-state index in [2.05, 4.69) is 153 Å². The van der Waals surface area contributed by atoms with Gasteiger partial charge in [0.05, 0.1) is 24.9 Å². The van der Waals surface area contributed by atoms with Crippen molar-refractivity contribution in [2.24, 2.45) is 11.8 Å². The summed E-state index contributed by atoms with van der Waals surface area (Å²) < 4.78 is 9.70. The second kappa shape index (κ2) is 16.4. The van der Waals surface area contributed by atoms with E-state index in [1.807, 2.05) is 36.4 Å². The van der Waals surface area contributed by atoms with E-state index >= 15 is 0 Å². The van der Waals surface area contributed by atoms with Crippen LogP contribution < -0.4 is 5.19 Å². The fourth-order valence-corrected chi connectivity index (χ4v) is 9.99. The van der Waals surface area contributed by atoms with Crippen LogP contribution in [-0.2, 0) is 32.9 Å². The monoisotopic (exact) mass is 946 g/mol. The fourth-order valence-electron chi connectivity index (χ4n) is 7.58. The standard InChI is InChI=1S/C31H23N2OS.C18H24NSi.Ir/c1-19(2)15-20-11-14-30-24(16-20)25(18-35-30)31-32-26-8-4-5-9-27(26)33(31)21-12-13-23-22-7-3-6-10-28(22)34-29(23)17-21;1-14(2)11-16-12-17(15-9-7-6-8-10-15)19-13-18(16)20(3,4)5;/h3-14,16-17,19H,15H2,1-2H3;6-9,12-14H,11H2,1-5H3;/q2*-1;. The molecule has 0 amide bonds. The Morgan fingerprint density at radius 1 is 0.750 bits per heavy atom. The minimum absolute atomic E-state index is 0. The summed E-state index contributed by atoms with van der Waals surface area (Å²) in [7, 11) is -1.34. The van der Waals surface area contributed by atoms with E-state index in [-0.39, 0.29) is 20.1 Å². The van der Waals surface area contributed by atoms with Gasteiger partial charge in [0.15, 0.2) is 0 Å². The van der Waals surface area contributed by atoms with Crippen molar-refractivity contribution < 1.29 is 24.5 Å². The zero-order chi connectivity index (χ0) is 38.3. The van der Waals surface area contributed by atoms with Gasteiger partial charge in [-0.1, -0.05) is 123 Å². The minimum atomic E-state index is -1.34. The van der Waals surface area contributed by atoms with Gasteiger partial charge in [-0.15, -0.1) is 47.3 Å². The van der Waals surface area contributed by atoms with E-state index in [9.17, 15) is 0 Å². The smallest absolute Gasteiger partial charge is 0.137 e. The zero-order valence-electron chi connectivity index (χ0n) is 33.1. The number of fused-ring (bicyclic) bond motifs is 5. The fraction of sp³-hybridized carbons (Fsp3) is 0.224. The Labute approximate surface area is 349 Å². The van der Waals surface area contributed by atoms with Gasteiger partial charge in [0.25, 0.3) is 0 Å². The summed E-state index contributed by atoms with van der Waals surface area (Å²) in [5.74, 6) is 2.19. The number of furan rings is 1. The molecule has 5 aromatic carbocycles. The molecule has 9 rings (SSSR count). The average molecular weight is 946 g/mol. The molecule has 0 atom stereocenters. The number of imidazole rings is 1. The number of benzene rings is 5. The second-order valence-corrected chi connectivity index (χ2v) is 22.3. The van der Waals surface area contributed by atoms with Crippen molar-refractivity contribution in [1.29, 1.82) is 0 Å². The van der Waals surface area contributed by atoms with Crippen molar-refractivity contribution in [3.8, 4) is 28.3 Å².